The molecule has 3 aromatic carbocycles. The molecule has 0 unspecified atom stereocenters. The molecular formula is C23H18FN5OS. The first-order valence-electron chi connectivity index (χ1n) is 9.46. The van der Waals surface area contributed by atoms with Crippen LogP contribution in [0.5, 0.6) is 0 Å². The summed E-state index contributed by atoms with van der Waals surface area (Å²) in [7, 11) is 0. The first-order valence-corrected chi connectivity index (χ1v) is 9.87. The molecule has 3 N–H and O–H groups in total. The smallest absolute Gasteiger partial charge is 0.193 e. The van der Waals surface area contributed by atoms with Crippen molar-refractivity contribution in [3.63, 3.8) is 0 Å². The predicted molar refractivity (Wildman–Crippen MR) is 124 cm³/mol. The van der Waals surface area contributed by atoms with Gasteiger partial charge in [0.25, 0.3) is 0 Å². The SMILES string of the molecule is C/C(=N\NC(=S)Nc1ccc(F)cc1)c1nc2ccc(C(=O)c3ccccc3)cc2[nH]1. The van der Waals surface area contributed by atoms with E-state index in [0.717, 1.165) is 11.0 Å². The molecule has 1 heterocycles. The zero-order valence-electron chi connectivity index (χ0n) is 16.5. The standard InChI is InChI=1S/C23H18FN5OS/c1-14(28-29-23(31)25-18-10-8-17(24)9-11-18)22-26-19-12-7-16(13-20(19)27-22)21(30)15-5-3-2-4-6-15/h2-13H,1H3,(H,26,27)(H2,25,29,31)/b28-14+. The maximum atomic E-state index is 13.0. The molecule has 0 bridgehead atoms. The predicted octanol–water partition coefficient (Wildman–Crippen LogP) is 4.64. The van der Waals surface area contributed by atoms with Crippen LogP contribution in [0.25, 0.3) is 11.0 Å². The summed E-state index contributed by atoms with van der Waals surface area (Å²) in [6.45, 7) is 1.78. The number of carbonyl (C=O) groups is 1. The molecule has 1 aromatic heterocycles. The second kappa shape index (κ2) is 8.85. The van der Waals surface area contributed by atoms with E-state index in [0.29, 0.717) is 28.4 Å². The minimum absolute atomic E-state index is 0.0528. The molecule has 0 aliphatic heterocycles. The maximum absolute atomic E-state index is 13.0. The Morgan fingerprint density at radius 2 is 1.77 bits per heavy atom. The third kappa shape index (κ3) is 4.81. The number of carbonyl (C=O) groups excluding carboxylic acids is 1. The second-order valence-corrected chi connectivity index (χ2v) is 7.19. The largest absolute Gasteiger partial charge is 0.337 e. The number of hydrogen-bond acceptors (Lipinski definition) is 4. The number of anilines is 1. The lowest BCUT2D eigenvalue weighted by Gasteiger charge is -2.07. The molecule has 154 valence electrons. The van der Waals surface area contributed by atoms with Crippen LogP contribution < -0.4 is 10.7 Å². The average Bonchev–Trinajstić information content (AvgIpc) is 3.22. The summed E-state index contributed by atoms with van der Waals surface area (Å²) < 4.78 is 13.0. The van der Waals surface area contributed by atoms with Crippen molar-refractivity contribution in [3.8, 4) is 0 Å². The summed E-state index contributed by atoms with van der Waals surface area (Å²) in [5, 5.41) is 7.41. The van der Waals surface area contributed by atoms with Crippen LogP contribution in [0.3, 0.4) is 0 Å². The summed E-state index contributed by atoms with van der Waals surface area (Å²) in [6, 6.07) is 20.3. The molecule has 0 saturated carbocycles. The van der Waals surface area contributed by atoms with E-state index in [1.54, 1.807) is 49.4 Å². The number of halogens is 1. The number of H-pyrrole nitrogens is 1. The van der Waals surface area contributed by atoms with Crippen molar-refractivity contribution in [2.75, 3.05) is 5.32 Å². The molecule has 0 amide bonds. The normalized spacial score (nSPS) is 11.4. The fraction of sp³-hybridized carbons (Fsp3) is 0.0435. The Hall–Kier alpha value is -3.91. The average molecular weight is 431 g/mol. The van der Waals surface area contributed by atoms with E-state index in [1.807, 2.05) is 18.2 Å². The van der Waals surface area contributed by atoms with Crippen molar-refractivity contribution in [2.45, 2.75) is 6.92 Å². The number of thiocarbonyl (C=S) groups is 1. The highest BCUT2D eigenvalue weighted by Crippen LogP contribution is 2.17. The van der Waals surface area contributed by atoms with Crippen LogP contribution >= 0.6 is 12.2 Å². The molecule has 0 fully saturated rings. The zero-order chi connectivity index (χ0) is 21.8. The lowest BCUT2D eigenvalue weighted by atomic mass is 10.0. The Balaban J connectivity index is 1.47. The van der Waals surface area contributed by atoms with E-state index >= 15 is 0 Å². The summed E-state index contributed by atoms with van der Waals surface area (Å²) in [6.07, 6.45) is 0. The third-order valence-corrected chi connectivity index (χ3v) is 4.74. The Labute approximate surface area is 183 Å². The van der Waals surface area contributed by atoms with Crippen LogP contribution in [-0.2, 0) is 0 Å². The molecule has 31 heavy (non-hydrogen) atoms. The molecule has 0 saturated heterocycles. The number of hydrazone groups is 1. The maximum Gasteiger partial charge on any atom is 0.193 e. The van der Waals surface area contributed by atoms with Gasteiger partial charge in [-0.05, 0) is 61.6 Å². The lowest BCUT2D eigenvalue weighted by molar-refractivity contribution is 0.103. The highest BCUT2D eigenvalue weighted by molar-refractivity contribution is 7.80. The van der Waals surface area contributed by atoms with Gasteiger partial charge in [0.1, 0.15) is 11.5 Å². The minimum Gasteiger partial charge on any atom is -0.337 e. The number of ketones is 1. The van der Waals surface area contributed by atoms with Crippen LogP contribution in [-0.4, -0.2) is 26.6 Å². The van der Waals surface area contributed by atoms with Gasteiger partial charge >= 0.3 is 0 Å². The molecular weight excluding hydrogens is 413 g/mol. The van der Waals surface area contributed by atoms with E-state index < -0.39 is 0 Å². The molecule has 8 heteroatoms. The number of aromatic nitrogens is 2. The summed E-state index contributed by atoms with van der Waals surface area (Å²) in [5.41, 5.74) is 6.63. The van der Waals surface area contributed by atoms with Gasteiger partial charge in [-0.3, -0.25) is 10.2 Å². The van der Waals surface area contributed by atoms with Gasteiger partial charge < -0.3 is 10.3 Å². The Kier molecular flexibility index (Phi) is 5.81. The number of hydrogen-bond donors (Lipinski definition) is 3. The van der Waals surface area contributed by atoms with Gasteiger partial charge in [-0.2, -0.15) is 5.10 Å². The molecule has 4 aromatic rings. The number of benzene rings is 3. The molecule has 0 aliphatic carbocycles. The van der Waals surface area contributed by atoms with Gasteiger partial charge in [-0.15, -0.1) is 0 Å². The summed E-state index contributed by atoms with van der Waals surface area (Å²) in [4.78, 5) is 20.4. The fourth-order valence-corrected chi connectivity index (χ4v) is 3.12. The second-order valence-electron chi connectivity index (χ2n) is 6.78. The zero-order valence-corrected chi connectivity index (χ0v) is 17.3. The number of nitrogens with zero attached hydrogens (tertiary/aromatic N) is 2. The van der Waals surface area contributed by atoms with Gasteiger partial charge in [-0.1, -0.05) is 30.3 Å². The summed E-state index contributed by atoms with van der Waals surface area (Å²) in [5.74, 6) is 0.177. The molecule has 0 spiro atoms. The van der Waals surface area contributed by atoms with Crippen molar-refractivity contribution >= 4 is 45.5 Å². The molecule has 0 radical (unpaired) electrons. The summed E-state index contributed by atoms with van der Waals surface area (Å²) >= 11 is 5.20. The topological polar surface area (TPSA) is 82.2 Å². The van der Waals surface area contributed by atoms with Crippen molar-refractivity contribution in [3.05, 3.63) is 95.6 Å². The number of nitrogens with one attached hydrogen (secondary N) is 3. The first kappa shape index (κ1) is 20.4. The van der Waals surface area contributed by atoms with E-state index in [1.165, 1.54) is 12.1 Å². The monoisotopic (exact) mass is 431 g/mol. The van der Waals surface area contributed by atoms with Crippen LogP contribution in [0, 0.1) is 5.82 Å². The van der Waals surface area contributed by atoms with Crippen molar-refractivity contribution in [2.24, 2.45) is 5.10 Å². The first-order chi connectivity index (χ1) is 15.0. The van der Waals surface area contributed by atoms with Crippen molar-refractivity contribution < 1.29 is 9.18 Å². The molecule has 6 nitrogen and oxygen atoms in total. The van der Waals surface area contributed by atoms with E-state index in [4.69, 9.17) is 12.2 Å². The van der Waals surface area contributed by atoms with Gasteiger partial charge in [0, 0.05) is 16.8 Å². The highest BCUT2D eigenvalue weighted by atomic mass is 32.1. The number of fused-ring (bicyclic) bond motifs is 1. The Bertz CT molecular complexity index is 1280. The molecule has 4 rings (SSSR count). The molecule has 0 aliphatic rings. The minimum atomic E-state index is -0.322. The highest BCUT2D eigenvalue weighted by Gasteiger charge is 2.12. The molecule has 0 atom stereocenters. The van der Waals surface area contributed by atoms with Crippen molar-refractivity contribution in [1.29, 1.82) is 0 Å². The lowest BCUT2D eigenvalue weighted by Crippen LogP contribution is -2.25. The van der Waals surface area contributed by atoms with Gasteiger partial charge in [0.05, 0.1) is 11.0 Å². The van der Waals surface area contributed by atoms with Crippen molar-refractivity contribution in [1.82, 2.24) is 15.4 Å². The van der Waals surface area contributed by atoms with Gasteiger partial charge in [0.15, 0.2) is 16.7 Å². The Morgan fingerprint density at radius 1 is 1.03 bits per heavy atom. The van der Waals surface area contributed by atoms with Gasteiger partial charge in [0.2, 0.25) is 0 Å². The van der Waals surface area contributed by atoms with E-state index in [9.17, 15) is 9.18 Å². The number of aromatic amines is 1. The Morgan fingerprint density at radius 3 is 2.52 bits per heavy atom. The fourth-order valence-electron chi connectivity index (χ4n) is 2.96. The third-order valence-electron chi connectivity index (χ3n) is 4.55. The van der Waals surface area contributed by atoms with E-state index in [2.05, 4.69) is 25.8 Å². The van der Waals surface area contributed by atoms with E-state index in [-0.39, 0.29) is 16.7 Å². The number of imidazole rings is 1. The quantitative estimate of drug-likeness (QED) is 0.186. The van der Waals surface area contributed by atoms with Crippen LogP contribution in [0.1, 0.15) is 28.7 Å². The van der Waals surface area contributed by atoms with Crippen LogP contribution in [0.15, 0.2) is 77.9 Å². The number of rotatable bonds is 5. The van der Waals surface area contributed by atoms with Gasteiger partial charge in [-0.25, -0.2) is 9.37 Å². The van der Waals surface area contributed by atoms with Crippen LogP contribution in [0.4, 0.5) is 10.1 Å². The van der Waals surface area contributed by atoms with Crippen LogP contribution in [0.2, 0.25) is 0 Å².